The summed E-state index contributed by atoms with van der Waals surface area (Å²) < 4.78 is 0. The van der Waals surface area contributed by atoms with Crippen LogP contribution in [0.15, 0.2) is 11.4 Å². The molecular formula is C13H18N4S. The number of rotatable bonds is 4. The second-order valence-corrected chi connectivity index (χ2v) is 5.47. The first-order valence-electron chi connectivity index (χ1n) is 6.03. The lowest BCUT2D eigenvalue weighted by molar-refractivity contribution is 0.782. The minimum Gasteiger partial charge on any atom is -0.354 e. The van der Waals surface area contributed by atoms with Crippen LogP contribution in [0.1, 0.15) is 34.9 Å². The van der Waals surface area contributed by atoms with Crippen LogP contribution in [-0.2, 0) is 0 Å². The van der Waals surface area contributed by atoms with Crippen molar-refractivity contribution in [1.82, 2.24) is 15.0 Å². The van der Waals surface area contributed by atoms with E-state index in [0.29, 0.717) is 11.9 Å². The molecule has 96 valence electrons. The lowest BCUT2D eigenvalue weighted by atomic mass is 10.2. The van der Waals surface area contributed by atoms with E-state index in [1.807, 2.05) is 26.8 Å². The molecule has 2 aromatic rings. The van der Waals surface area contributed by atoms with Gasteiger partial charge in [-0.15, -0.1) is 11.3 Å². The molecule has 18 heavy (non-hydrogen) atoms. The van der Waals surface area contributed by atoms with Gasteiger partial charge in [-0.25, -0.2) is 15.0 Å². The topological polar surface area (TPSA) is 50.7 Å². The first-order chi connectivity index (χ1) is 8.54. The summed E-state index contributed by atoms with van der Waals surface area (Å²) in [4.78, 5) is 13.2. The van der Waals surface area contributed by atoms with Crippen LogP contribution in [0, 0.1) is 20.8 Å². The fourth-order valence-electron chi connectivity index (χ4n) is 1.74. The van der Waals surface area contributed by atoms with Gasteiger partial charge in [-0.05, 0) is 26.8 Å². The Morgan fingerprint density at radius 3 is 2.33 bits per heavy atom. The van der Waals surface area contributed by atoms with Gasteiger partial charge < -0.3 is 5.32 Å². The van der Waals surface area contributed by atoms with Crippen LogP contribution in [0.5, 0.6) is 0 Å². The Morgan fingerprint density at radius 1 is 1.11 bits per heavy atom. The molecule has 5 heteroatoms. The summed E-state index contributed by atoms with van der Waals surface area (Å²) in [6, 6.07) is 1.97. The Balaban J connectivity index is 1.99. The maximum absolute atomic E-state index is 4.50. The smallest absolute Gasteiger partial charge is 0.223 e. The van der Waals surface area contributed by atoms with E-state index in [0.717, 1.165) is 28.6 Å². The molecular weight excluding hydrogens is 244 g/mol. The fourth-order valence-corrected chi connectivity index (χ4v) is 2.59. The maximum atomic E-state index is 4.50. The Labute approximate surface area is 112 Å². The fraction of sp³-hybridized carbons (Fsp3) is 0.462. The van der Waals surface area contributed by atoms with E-state index < -0.39 is 0 Å². The molecule has 2 aromatic heterocycles. The van der Waals surface area contributed by atoms with Crippen molar-refractivity contribution in [2.75, 3.05) is 11.9 Å². The quantitative estimate of drug-likeness (QED) is 0.920. The number of hydrogen-bond donors (Lipinski definition) is 1. The number of aromatic nitrogens is 3. The molecule has 0 spiro atoms. The molecule has 0 aliphatic heterocycles. The van der Waals surface area contributed by atoms with Crippen molar-refractivity contribution < 1.29 is 0 Å². The van der Waals surface area contributed by atoms with Crippen molar-refractivity contribution in [2.24, 2.45) is 0 Å². The van der Waals surface area contributed by atoms with Gasteiger partial charge in [0.25, 0.3) is 0 Å². The molecule has 1 atom stereocenters. The van der Waals surface area contributed by atoms with Gasteiger partial charge in [-0.2, -0.15) is 0 Å². The van der Waals surface area contributed by atoms with E-state index >= 15 is 0 Å². The van der Waals surface area contributed by atoms with Crippen molar-refractivity contribution in [3.63, 3.8) is 0 Å². The molecule has 0 amide bonds. The van der Waals surface area contributed by atoms with E-state index in [1.165, 1.54) is 0 Å². The van der Waals surface area contributed by atoms with Gasteiger partial charge in [0.05, 0.1) is 5.01 Å². The third-order valence-corrected chi connectivity index (χ3v) is 3.80. The van der Waals surface area contributed by atoms with Gasteiger partial charge in [-0.1, -0.05) is 6.92 Å². The summed E-state index contributed by atoms with van der Waals surface area (Å²) in [7, 11) is 0. The highest BCUT2D eigenvalue weighted by Gasteiger charge is 2.10. The van der Waals surface area contributed by atoms with Crippen molar-refractivity contribution in [2.45, 2.75) is 33.6 Å². The number of hydrogen-bond acceptors (Lipinski definition) is 5. The Morgan fingerprint density at radius 2 is 1.78 bits per heavy atom. The zero-order chi connectivity index (χ0) is 13.1. The van der Waals surface area contributed by atoms with Crippen molar-refractivity contribution in [1.29, 1.82) is 0 Å². The van der Waals surface area contributed by atoms with Crippen LogP contribution in [0.3, 0.4) is 0 Å². The normalized spacial score (nSPS) is 12.4. The Kier molecular flexibility index (Phi) is 3.91. The predicted octanol–water partition coefficient (Wildman–Crippen LogP) is 3.07. The first-order valence-corrected chi connectivity index (χ1v) is 6.90. The van der Waals surface area contributed by atoms with Crippen molar-refractivity contribution in [3.05, 3.63) is 33.5 Å². The van der Waals surface area contributed by atoms with Crippen LogP contribution >= 0.6 is 11.3 Å². The summed E-state index contributed by atoms with van der Waals surface area (Å²) in [6.45, 7) is 8.94. The Bertz CT molecular complexity index is 515. The molecule has 2 rings (SSSR count). The third kappa shape index (κ3) is 3.26. The molecule has 0 fully saturated rings. The van der Waals surface area contributed by atoms with Crippen LogP contribution in [-0.4, -0.2) is 21.5 Å². The van der Waals surface area contributed by atoms with Crippen molar-refractivity contribution in [3.8, 4) is 0 Å². The molecule has 0 aliphatic rings. The van der Waals surface area contributed by atoms with Crippen LogP contribution in [0.25, 0.3) is 0 Å². The summed E-state index contributed by atoms with van der Waals surface area (Å²) in [6.07, 6.45) is 0. The second-order valence-electron chi connectivity index (χ2n) is 4.58. The highest BCUT2D eigenvalue weighted by atomic mass is 32.1. The predicted molar refractivity (Wildman–Crippen MR) is 75.3 cm³/mol. The third-order valence-electron chi connectivity index (χ3n) is 2.61. The molecule has 2 heterocycles. The first kappa shape index (κ1) is 13.0. The Hall–Kier alpha value is -1.49. The summed E-state index contributed by atoms with van der Waals surface area (Å²) in [5.41, 5.74) is 3.06. The second kappa shape index (κ2) is 5.44. The number of anilines is 1. The minimum absolute atomic E-state index is 0.369. The standard InChI is InChI=1S/C13H18N4S/c1-8(12-15-11(4)7-18-12)6-14-13-16-9(2)5-10(3)17-13/h5,7-8H,6H2,1-4H3,(H,14,16,17)/t8-/m0/s1. The van der Waals surface area contributed by atoms with E-state index in [-0.39, 0.29) is 0 Å². The molecule has 4 nitrogen and oxygen atoms in total. The molecule has 1 N–H and O–H groups in total. The van der Waals surface area contributed by atoms with Gasteiger partial charge in [0.15, 0.2) is 0 Å². The van der Waals surface area contributed by atoms with Gasteiger partial charge in [0.2, 0.25) is 5.95 Å². The highest BCUT2D eigenvalue weighted by molar-refractivity contribution is 7.09. The molecule has 0 aliphatic carbocycles. The van der Waals surface area contributed by atoms with Gasteiger partial charge in [-0.3, -0.25) is 0 Å². The summed E-state index contributed by atoms with van der Waals surface area (Å²) in [5.74, 6) is 1.07. The largest absolute Gasteiger partial charge is 0.354 e. The number of nitrogens with one attached hydrogen (secondary N) is 1. The minimum atomic E-state index is 0.369. The summed E-state index contributed by atoms with van der Waals surface area (Å²) >= 11 is 1.71. The van der Waals surface area contributed by atoms with Crippen LogP contribution < -0.4 is 5.32 Å². The molecule has 0 bridgehead atoms. The zero-order valence-corrected chi connectivity index (χ0v) is 12.0. The van der Waals surface area contributed by atoms with Crippen LogP contribution in [0.2, 0.25) is 0 Å². The molecule has 0 saturated carbocycles. The van der Waals surface area contributed by atoms with E-state index in [9.17, 15) is 0 Å². The molecule has 0 radical (unpaired) electrons. The molecule has 0 unspecified atom stereocenters. The molecule has 0 saturated heterocycles. The van der Waals surface area contributed by atoms with E-state index in [2.05, 4.69) is 32.6 Å². The number of thiazole rings is 1. The monoisotopic (exact) mass is 262 g/mol. The van der Waals surface area contributed by atoms with Gasteiger partial charge in [0.1, 0.15) is 0 Å². The maximum Gasteiger partial charge on any atom is 0.223 e. The average Bonchev–Trinajstić information content (AvgIpc) is 2.71. The summed E-state index contributed by atoms with van der Waals surface area (Å²) in [5, 5.41) is 6.52. The number of aryl methyl sites for hydroxylation is 3. The lowest BCUT2D eigenvalue weighted by Gasteiger charge is -2.10. The average molecular weight is 262 g/mol. The van der Waals surface area contributed by atoms with E-state index in [4.69, 9.17) is 0 Å². The van der Waals surface area contributed by atoms with Gasteiger partial charge >= 0.3 is 0 Å². The lowest BCUT2D eigenvalue weighted by Crippen LogP contribution is -2.12. The van der Waals surface area contributed by atoms with Crippen molar-refractivity contribution >= 4 is 17.3 Å². The van der Waals surface area contributed by atoms with E-state index in [1.54, 1.807) is 11.3 Å². The van der Waals surface area contributed by atoms with Gasteiger partial charge in [0, 0.05) is 34.9 Å². The SMILES string of the molecule is Cc1cc(C)nc(NC[C@H](C)c2nc(C)cs2)n1. The molecule has 0 aromatic carbocycles. The zero-order valence-electron chi connectivity index (χ0n) is 11.2. The highest BCUT2D eigenvalue weighted by Crippen LogP contribution is 2.19. The number of nitrogens with zero attached hydrogens (tertiary/aromatic N) is 3. The van der Waals surface area contributed by atoms with Crippen LogP contribution in [0.4, 0.5) is 5.95 Å².